The van der Waals surface area contributed by atoms with Crippen LogP contribution in [-0.2, 0) is 17.0 Å². The molecule has 0 unspecified atom stereocenters. The van der Waals surface area contributed by atoms with Gasteiger partial charge in [-0.25, -0.2) is 18.2 Å². The number of benzene rings is 3. The zero-order chi connectivity index (χ0) is 26.1. The molecule has 0 saturated carbocycles. The second-order valence-corrected chi connectivity index (χ2v) is 10.1. The summed E-state index contributed by atoms with van der Waals surface area (Å²) in [6.45, 7) is 1.24. The van der Waals surface area contributed by atoms with E-state index in [1.54, 1.807) is 0 Å². The molecule has 5 nitrogen and oxygen atoms in total. The van der Waals surface area contributed by atoms with Crippen LogP contribution < -0.4 is 0 Å². The van der Waals surface area contributed by atoms with Crippen molar-refractivity contribution in [3.63, 3.8) is 0 Å². The lowest BCUT2D eigenvalue weighted by Crippen LogP contribution is -2.16. The van der Waals surface area contributed by atoms with Gasteiger partial charge in [-0.1, -0.05) is 60.3 Å². The first-order chi connectivity index (χ1) is 18.6. The first-order valence-electron chi connectivity index (χ1n) is 12.3. The van der Waals surface area contributed by atoms with Gasteiger partial charge in [0.2, 0.25) is 0 Å². The molecule has 1 saturated heterocycles. The molecule has 0 amide bonds. The van der Waals surface area contributed by atoms with Crippen molar-refractivity contribution in [2.45, 2.75) is 36.4 Å². The maximum Gasteiger partial charge on any atom is 0.194 e. The van der Waals surface area contributed by atoms with E-state index in [0.717, 1.165) is 52.7 Å². The zero-order valence-electron chi connectivity index (χ0n) is 20.3. The number of hydrogen-bond acceptors (Lipinski definition) is 5. The maximum atomic E-state index is 13.8. The second kappa shape index (κ2) is 10.6. The van der Waals surface area contributed by atoms with Crippen molar-refractivity contribution in [1.29, 1.82) is 0 Å². The molecule has 5 aromatic rings. The van der Waals surface area contributed by atoms with Crippen LogP contribution in [-0.4, -0.2) is 32.5 Å². The van der Waals surface area contributed by atoms with E-state index in [2.05, 4.69) is 10.2 Å². The van der Waals surface area contributed by atoms with Gasteiger partial charge in [-0.15, -0.1) is 10.2 Å². The van der Waals surface area contributed by atoms with Gasteiger partial charge in [0, 0.05) is 28.9 Å². The van der Waals surface area contributed by atoms with Gasteiger partial charge in [-0.3, -0.25) is 4.57 Å². The van der Waals surface area contributed by atoms with Crippen LogP contribution in [0.4, 0.5) is 13.2 Å². The maximum absolute atomic E-state index is 13.8. The number of para-hydroxylation sites is 1. The molecule has 0 bridgehead atoms. The van der Waals surface area contributed by atoms with Gasteiger partial charge < -0.3 is 4.74 Å². The smallest absolute Gasteiger partial charge is 0.194 e. The lowest BCUT2D eigenvalue weighted by atomic mass is 10.0. The predicted octanol–water partition coefficient (Wildman–Crippen LogP) is 7.05. The van der Waals surface area contributed by atoms with Crippen molar-refractivity contribution in [3.8, 4) is 22.6 Å². The summed E-state index contributed by atoms with van der Waals surface area (Å²) in [5, 5.41) is 10.6. The van der Waals surface area contributed by atoms with Crippen LogP contribution in [0, 0.1) is 17.5 Å². The van der Waals surface area contributed by atoms with Gasteiger partial charge in [0.25, 0.3) is 0 Å². The topological polar surface area (TPSA) is 52.8 Å². The van der Waals surface area contributed by atoms with Crippen molar-refractivity contribution in [1.82, 2.24) is 19.7 Å². The molecule has 3 heterocycles. The standard InChI is InChI=1S/C29H23F3N4OS/c30-23-13-18(14-24(31)27(23)32)17-38-29-35-34-28(36(29)16-20-9-6-12-37-20)22-15-26(19-7-2-1-3-8-19)33-25-11-5-4-10-21(22)25/h1-5,7-8,10-11,13-15,20H,6,9,12,16-17H2/t20-/m1/s1. The minimum Gasteiger partial charge on any atom is -0.376 e. The minimum absolute atomic E-state index is 0.00602. The molecule has 1 aliphatic rings. The highest BCUT2D eigenvalue weighted by molar-refractivity contribution is 7.98. The molecular weight excluding hydrogens is 509 g/mol. The molecule has 1 fully saturated rings. The van der Waals surface area contributed by atoms with E-state index in [1.807, 2.05) is 65.2 Å². The molecule has 0 aliphatic carbocycles. The van der Waals surface area contributed by atoms with Crippen molar-refractivity contribution >= 4 is 22.7 Å². The molecule has 6 rings (SSSR count). The molecule has 0 N–H and O–H groups in total. The van der Waals surface area contributed by atoms with Crippen LogP contribution in [0.25, 0.3) is 33.5 Å². The highest BCUT2D eigenvalue weighted by Gasteiger charge is 2.24. The fraction of sp³-hybridized carbons (Fsp3) is 0.207. The van der Waals surface area contributed by atoms with Gasteiger partial charge in [0.15, 0.2) is 28.4 Å². The SMILES string of the molecule is Fc1cc(CSc2nnc(-c3cc(-c4ccccc4)nc4ccccc34)n2C[C@H]2CCCO2)cc(F)c1F. The third-order valence-corrected chi connectivity index (χ3v) is 7.60. The molecule has 38 heavy (non-hydrogen) atoms. The van der Waals surface area contributed by atoms with Gasteiger partial charge >= 0.3 is 0 Å². The number of halogens is 3. The van der Waals surface area contributed by atoms with Gasteiger partial charge in [0.1, 0.15) is 0 Å². The predicted molar refractivity (Wildman–Crippen MR) is 141 cm³/mol. The van der Waals surface area contributed by atoms with E-state index in [-0.39, 0.29) is 11.9 Å². The monoisotopic (exact) mass is 532 g/mol. The fourth-order valence-corrected chi connectivity index (χ4v) is 5.59. The van der Waals surface area contributed by atoms with Crippen LogP contribution in [0.15, 0.2) is 78.0 Å². The summed E-state index contributed by atoms with van der Waals surface area (Å²) in [7, 11) is 0. The number of hydrogen-bond donors (Lipinski definition) is 0. The molecule has 2 aromatic heterocycles. The number of ether oxygens (including phenoxy) is 1. The van der Waals surface area contributed by atoms with Gasteiger partial charge in [-0.2, -0.15) is 0 Å². The Labute approximate surface area is 221 Å². The van der Waals surface area contributed by atoms with Gasteiger partial charge in [0.05, 0.1) is 23.9 Å². The Kier molecular flexibility index (Phi) is 6.86. The zero-order valence-corrected chi connectivity index (χ0v) is 21.1. The Morgan fingerprint density at radius 1 is 0.921 bits per heavy atom. The summed E-state index contributed by atoms with van der Waals surface area (Å²) in [6.07, 6.45) is 1.91. The molecule has 192 valence electrons. The number of fused-ring (bicyclic) bond motifs is 1. The third-order valence-electron chi connectivity index (χ3n) is 6.57. The lowest BCUT2D eigenvalue weighted by molar-refractivity contribution is 0.0953. The van der Waals surface area contributed by atoms with E-state index in [9.17, 15) is 13.2 Å². The van der Waals surface area contributed by atoms with Crippen LogP contribution in [0.1, 0.15) is 18.4 Å². The summed E-state index contributed by atoms with van der Waals surface area (Å²) in [5.41, 5.74) is 3.84. The summed E-state index contributed by atoms with van der Waals surface area (Å²) in [4.78, 5) is 4.88. The van der Waals surface area contributed by atoms with Crippen LogP contribution in [0.5, 0.6) is 0 Å². The molecule has 3 aromatic carbocycles. The molecule has 9 heteroatoms. The third kappa shape index (κ3) is 4.91. The number of pyridine rings is 1. The normalized spacial score (nSPS) is 15.4. The van der Waals surface area contributed by atoms with E-state index < -0.39 is 17.5 Å². The molecule has 0 radical (unpaired) electrons. The highest BCUT2D eigenvalue weighted by Crippen LogP contribution is 2.34. The van der Waals surface area contributed by atoms with E-state index >= 15 is 0 Å². The quantitative estimate of drug-likeness (QED) is 0.166. The number of thioether (sulfide) groups is 1. The van der Waals surface area contributed by atoms with Crippen molar-refractivity contribution in [2.24, 2.45) is 0 Å². The minimum atomic E-state index is -1.47. The molecular formula is C29H23F3N4OS. The fourth-order valence-electron chi connectivity index (χ4n) is 4.71. The molecule has 1 aliphatic heterocycles. The number of rotatable bonds is 7. The van der Waals surface area contributed by atoms with Gasteiger partial charge in [-0.05, 0) is 42.7 Å². The van der Waals surface area contributed by atoms with E-state index in [0.29, 0.717) is 29.7 Å². The van der Waals surface area contributed by atoms with Crippen LogP contribution in [0.2, 0.25) is 0 Å². The van der Waals surface area contributed by atoms with Crippen LogP contribution in [0.3, 0.4) is 0 Å². The van der Waals surface area contributed by atoms with E-state index in [1.165, 1.54) is 11.8 Å². The highest BCUT2D eigenvalue weighted by atomic mass is 32.2. The average molecular weight is 533 g/mol. The van der Waals surface area contributed by atoms with Crippen molar-refractivity contribution < 1.29 is 17.9 Å². The Morgan fingerprint density at radius 3 is 2.45 bits per heavy atom. The first-order valence-corrected chi connectivity index (χ1v) is 13.3. The Hall–Kier alpha value is -3.69. The Bertz CT molecular complexity index is 1580. The van der Waals surface area contributed by atoms with Crippen molar-refractivity contribution in [3.05, 3.63) is 95.8 Å². The number of aromatic nitrogens is 4. The number of nitrogens with zero attached hydrogens (tertiary/aromatic N) is 4. The summed E-state index contributed by atoms with van der Waals surface area (Å²) in [6, 6.07) is 21.9. The largest absolute Gasteiger partial charge is 0.376 e. The Balaban J connectivity index is 1.43. The van der Waals surface area contributed by atoms with Crippen LogP contribution >= 0.6 is 11.8 Å². The summed E-state index contributed by atoms with van der Waals surface area (Å²) >= 11 is 1.29. The molecule has 0 spiro atoms. The van der Waals surface area contributed by atoms with Crippen molar-refractivity contribution in [2.75, 3.05) is 6.61 Å². The summed E-state index contributed by atoms with van der Waals surface area (Å²) in [5.74, 6) is -3.03. The average Bonchev–Trinajstić information content (AvgIpc) is 3.60. The lowest BCUT2D eigenvalue weighted by Gasteiger charge is -2.16. The molecule has 1 atom stereocenters. The first kappa shape index (κ1) is 24.6. The summed E-state index contributed by atoms with van der Waals surface area (Å²) < 4.78 is 48.9. The second-order valence-electron chi connectivity index (χ2n) is 9.15. The van der Waals surface area contributed by atoms with E-state index in [4.69, 9.17) is 9.72 Å². The Morgan fingerprint density at radius 2 is 1.68 bits per heavy atom.